The zero-order valence-electron chi connectivity index (χ0n) is 18.1. The van der Waals surface area contributed by atoms with Gasteiger partial charge in [0.1, 0.15) is 6.61 Å². The lowest BCUT2D eigenvalue weighted by atomic mass is 10.1. The van der Waals surface area contributed by atoms with E-state index < -0.39 is 6.03 Å². The summed E-state index contributed by atoms with van der Waals surface area (Å²) in [6.07, 6.45) is 1.51. The van der Waals surface area contributed by atoms with E-state index in [-0.39, 0.29) is 0 Å². The third-order valence-electron chi connectivity index (χ3n) is 5.07. The maximum atomic E-state index is 12.1. The monoisotopic (exact) mass is 599 g/mol. The van der Waals surface area contributed by atoms with Crippen molar-refractivity contribution in [3.05, 3.63) is 103 Å². The molecule has 0 saturated carbocycles. The number of rotatable bonds is 6. The fourth-order valence-electron chi connectivity index (χ4n) is 3.41. The molecule has 0 heterocycles. The van der Waals surface area contributed by atoms with Crippen LogP contribution >= 0.6 is 43.5 Å². The standard InChI is InChI=1S/C26H20Br2ClN3O2/c1-16-11-20(9-10-22(16)27)31-26(33)32-30-14-17-12-23(28)25(24(29)13-17)34-15-19-7-4-6-18-5-2-3-8-21(18)19/h2-14H,15H2,1H3,(H2,31,32,33)/b30-14+. The molecule has 4 aromatic carbocycles. The van der Waals surface area contributed by atoms with Gasteiger partial charge in [-0.1, -0.05) is 70.0 Å². The van der Waals surface area contributed by atoms with Crippen LogP contribution in [0.1, 0.15) is 16.7 Å². The van der Waals surface area contributed by atoms with Crippen LogP contribution in [0.15, 0.2) is 86.8 Å². The molecule has 4 aromatic rings. The van der Waals surface area contributed by atoms with Crippen molar-refractivity contribution in [2.75, 3.05) is 5.32 Å². The predicted octanol–water partition coefficient (Wildman–Crippen LogP) is 8.06. The summed E-state index contributed by atoms with van der Waals surface area (Å²) < 4.78 is 7.70. The molecule has 4 rings (SSSR count). The molecule has 0 aliphatic heterocycles. The van der Waals surface area contributed by atoms with Gasteiger partial charge >= 0.3 is 6.03 Å². The lowest BCUT2D eigenvalue weighted by Gasteiger charge is -2.12. The number of hydrogen-bond acceptors (Lipinski definition) is 3. The van der Waals surface area contributed by atoms with Crippen LogP contribution < -0.4 is 15.5 Å². The number of benzene rings is 4. The fourth-order valence-corrected chi connectivity index (χ4v) is 4.64. The van der Waals surface area contributed by atoms with Crippen LogP contribution in [0, 0.1) is 6.92 Å². The van der Waals surface area contributed by atoms with Crippen molar-refractivity contribution in [1.82, 2.24) is 5.43 Å². The number of urea groups is 1. The lowest BCUT2D eigenvalue weighted by molar-refractivity contribution is 0.252. The highest BCUT2D eigenvalue weighted by molar-refractivity contribution is 9.10. The zero-order chi connectivity index (χ0) is 24.1. The minimum atomic E-state index is -0.446. The molecule has 0 aliphatic carbocycles. The summed E-state index contributed by atoms with van der Waals surface area (Å²) in [5.74, 6) is 0.545. The molecule has 2 amide bonds. The Kier molecular flexibility index (Phi) is 7.88. The number of anilines is 1. The summed E-state index contributed by atoms with van der Waals surface area (Å²) in [6.45, 7) is 2.33. The normalized spacial score (nSPS) is 11.1. The van der Waals surface area contributed by atoms with Gasteiger partial charge in [0, 0.05) is 10.2 Å². The topological polar surface area (TPSA) is 62.7 Å². The molecular formula is C26H20Br2ClN3O2. The summed E-state index contributed by atoms with van der Waals surface area (Å²) in [7, 11) is 0. The first-order chi connectivity index (χ1) is 16.4. The van der Waals surface area contributed by atoms with Crippen molar-refractivity contribution in [2.24, 2.45) is 5.10 Å². The second-order valence-electron chi connectivity index (χ2n) is 7.53. The Morgan fingerprint density at radius 1 is 1.03 bits per heavy atom. The first-order valence-corrected chi connectivity index (χ1v) is 12.3. The Labute approximate surface area is 219 Å². The number of carbonyl (C=O) groups is 1. The Morgan fingerprint density at radius 2 is 1.82 bits per heavy atom. The Balaban J connectivity index is 1.39. The number of nitrogens with one attached hydrogen (secondary N) is 2. The van der Waals surface area contributed by atoms with E-state index in [4.69, 9.17) is 16.3 Å². The van der Waals surface area contributed by atoms with Gasteiger partial charge in [-0.05, 0) is 80.6 Å². The van der Waals surface area contributed by atoms with Gasteiger partial charge in [0.2, 0.25) is 0 Å². The van der Waals surface area contributed by atoms with E-state index in [0.717, 1.165) is 26.4 Å². The molecule has 0 aliphatic rings. The van der Waals surface area contributed by atoms with E-state index >= 15 is 0 Å². The van der Waals surface area contributed by atoms with Crippen LogP contribution in [0.5, 0.6) is 5.75 Å². The molecule has 0 saturated heterocycles. The molecule has 0 radical (unpaired) electrons. The molecule has 0 aromatic heterocycles. The van der Waals surface area contributed by atoms with Crippen molar-refractivity contribution in [1.29, 1.82) is 0 Å². The maximum absolute atomic E-state index is 12.1. The van der Waals surface area contributed by atoms with Gasteiger partial charge in [-0.15, -0.1) is 0 Å². The van der Waals surface area contributed by atoms with Crippen molar-refractivity contribution in [2.45, 2.75) is 13.5 Å². The average Bonchev–Trinajstić information content (AvgIpc) is 2.81. The van der Waals surface area contributed by atoms with Gasteiger partial charge in [-0.25, -0.2) is 10.2 Å². The second-order valence-corrected chi connectivity index (χ2v) is 9.64. The number of aryl methyl sites for hydroxylation is 1. The molecule has 0 bridgehead atoms. The van der Waals surface area contributed by atoms with E-state index in [2.05, 4.69) is 65.9 Å². The highest BCUT2D eigenvalue weighted by atomic mass is 79.9. The smallest absolute Gasteiger partial charge is 0.339 e. The SMILES string of the molecule is Cc1cc(NC(=O)N/N=C/c2cc(Cl)c(OCc3cccc4ccccc34)c(Br)c2)ccc1Br. The van der Waals surface area contributed by atoms with Gasteiger partial charge in [0.05, 0.1) is 15.7 Å². The number of halogens is 3. The second kappa shape index (κ2) is 11.0. The Hall–Kier alpha value is -2.87. The van der Waals surface area contributed by atoms with Crippen molar-refractivity contribution in [3.63, 3.8) is 0 Å². The lowest BCUT2D eigenvalue weighted by Crippen LogP contribution is -2.24. The molecule has 34 heavy (non-hydrogen) atoms. The van der Waals surface area contributed by atoms with Gasteiger partial charge in [0.15, 0.2) is 5.75 Å². The summed E-state index contributed by atoms with van der Waals surface area (Å²) in [5.41, 5.74) is 5.91. The molecule has 172 valence electrons. The van der Waals surface area contributed by atoms with E-state index in [1.165, 1.54) is 6.21 Å². The summed E-state index contributed by atoms with van der Waals surface area (Å²) in [5, 5.41) is 9.47. The zero-order valence-corrected chi connectivity index (χ0v) is 22.0. The number of ether oxygens (including phenoxy) is 1. The number of nitrogens with zero attached hydrogens (tertiary/aromatic N) is 1. The third-order valence-corrected chi connectivity index (χ3v) is 6.83. The van der Waals surface area contributed by atoms with Crippen LogP contribution in [-0.2, 0) is 6.61 Å². The van der Waals surface area contributed by atoms with Gasteiger partial charge < -0.3 is 10.1 Å². The average molecular weight is 602 g/mol. The molecule has 0 spiro atoms. The van der Waals surface area contributed by atoms with E-state index in [1.807, 2.05) is 49.4 Å². The molecule has 2 N–H and O–H groups in total. The molecule has 8 heteroatoms. The summed E-state index contributed by atoms with van der Waals surface area (Å²) in [6, 6.07) is 22.9. The number of amides is 2. The van der Waals surface area contributed by atoms with Crippen LogP contribution in [0.3, 0.4) is 0 Å². The quantitative estimate of drug-likeness (QED) is 0.174. The molecule has 5 nitrogen and oxygen atoms in total. The van der Waals surface area contributed by atoms with Crippen LogP contribution in [0.4, 0.5) is 10.5 Å². The number of hydrogen-bond donors (Lipinski definition) is 2. The van der Waals surface area contributed by atoms with Crippen LogP contribution in [0.2, 0.25) is 5.02 Å². The molecular weight excluding hydrogens is 582 g/mol. The fraction of sp³-hybridized carbons (Fsp3) is 0.0769. The Morgan fingerprint density at radius 3 is 2.62 bits per heavy atom. The Bertz CT molecular complexity index is 1360. The van der Waals surface area contributed by atoms with Crippen LogP contribution in [-0.4, -0.2) is 12.2 Å². The number of fused-ring (bicyclic) bond motifs is 1. The molecule has 0 fully saturated rings. The van der Waals surface area contributed by atoms with E-state index in [9.17, 15) is 4.79 Å². The predicted molar refractivity (Wildman–Crippen MR) is 146 cm³/mol. The maximum Gasteiger partial charge on any atom is 0.339 e. The van der Waals surface area contributed by atoms with Gasteiger partial charge in [-0.3, -0.25) is 0 Å². The molecule has 0 atom stereocenters. The van der Waals surface area contributed by atoms with Crippen molar-refractivity contribution in [3.8, 4) is 5.75 Å². The highest BCUT2D eigenvalue weighted by Crippen LogP contribution is 2.35. The minimum Gasteiger partial charge on any atom is -0.486 e. The first-order valence-electron chi connectivity index (χ1n) is 10.4. The highest BCUT2D eigenvalue weighted by Gasteiger charge is 2.11. The van der Waals surface area contributed by atoms with Crippen molar-refractivity contribution >= 4 is 72.2 Å². The van der Waals surface area contributed by atoms with E-state index in [1.54, 1.807) is 12.1 Å². The third kappa shape index (κ3) is 5.97. The first kappa shape index (κ1) is 24.3. The van der Waals surface area contributed by atoms with Gasteiger partial charge in [0.25, 0.3) is 0 Å². The number of hydrazone groups is 1. The molecule has 0 unspecified atom stereocenters. The van der Waals surface area contributed by atoms with Crippen LogP contribution in [0.25, 0.3) is 10.8 Å². The summed E-state index contributed by atoms with van der Waals surface area (Å²) in [4.78, 5) is 12.1. The number of carbonyl (C=O) groups excluding carboxylic acids is 1. The van der Waals surface area contributed by atoms with Gasteiger partial charge in [-0.2, -0.15) is 5.10 Å². The largest absolute Gasteiger partial charge is 0.486 e. The summed E-state index contributed by atoms with van der Waals surface area (Å²) >= 11 is 13.4. The van der Waals surface area contributed by atoms with Crippen molar-refractivity contribution < 1.29 is 9.53 Å². The minimum absolute atomic E-state index is 0.379. The van der Waals surface area contributed by atoms with E-state index in [0.29, 0.717) is 33.1 Å².